The molecule has 7 heteroatoms. The Balaban J connectivity index is 1.40. The second-order valence-electron chi connectivity index (χ2n) is 6.80. The highest BCUT2D eigenvalue weighted by molar-refractivity contribution is 5.91. The van der Waals surface area contributed by atoms with Crippen LogP contribution in [0.3, 0.4) is 0 Å². The molecular formula is C17H22N6O. The molecule has 1 amide bonds. The zero-order chi connectivity index (χ0) is 16.4. The van der Waals surface area contributed by atoms with Gasteiger partial charge in [-0.25, -0.2) is 9.97 Å². The standard InChI is InChI=1S/C17H22N6O/c24-17(15-8-18-3-4-19-15)21-7-14-10-22(9-13-1-2-13)12-16-20-5-6-23(16)11-14/h3-6,8,13-14H,1-2,7,9-12H2,(H,21,24)/t14-/m0/s1. The number of carbonyl (C=O) groups is 1. The van der Waals surface area contributed by atoms with Crippen LogP contribution in [-0.2, 0) is 13.1 Å². The highest BCUT2D eigenvalue weighted by Gasteiger charge is 2.28. The molecule has 7 nitrogen and oxygen atoms in total. The molecule has 4 rings (SSSR count). The van der Waals surface area contributed by atoms with Crippen molar-refractivity contribution in [2.45, 2.75) is 25.9 Å². The number of hydrogen-bond acceptors (Lipinski definition) is 5. The van der Waals surface area contributed by atoms with Crippen LogP contribution in [-0.4, -0.2) is 50.0 Å². The summed E-state index contributed by atoms with van der Waals surface area (Å²) in [5, 5.41) is 3.01. The largest absolute Gasteiger partial charge is 0.350 e. The molecule has 0 spiro atoms. The van der Waals surface area contributed by atoms with Gasteiger partial charge in [0.05, 0.1) is 12.7 Å². The Morgan fingerprint density at radius 2 is 2.08 bits per heavy atom. The van der Waals surface area contributed by atoms with Crippen molar-refractivity contribution in [1.82, 2.24) is 29.7 Å². The summed E-state index contributed by atoms with van der Waals surface area (Å²) in [7, 11) is 0. The first-order valence-corrected chi connectivity index (χ1v) is 8.54. The third kappa shape index (κ3) is 3.62. The summed E-state index contributed by atoms with van der Waals surface area (Å²) in [6, 6.07) is 0. The Hall–Kier alpha value is -2.28. The van der Waals surface area contributed by atoms with Gasteiger partial charge >= 0.3 is 0 Å². The summed E-state index contributed by atoms with van der Waals surface area (Å²) in [6.07, 6.45) is 11.2. The minimum atomic E-state index is -0.160. The molecule has 0 aromatic carbocycles. The average molecular weight is 326 g/mol. The summed E-state index contributed by atoms with van der Waals surface area (Å²) in [6.45, 7) is 4.55. The first kappa shape index (κ1) is 15.3. The van der Waals surface area contributed by atoms with E-state index in [-0.39, 0.29) is 5.91 Å². The minimum absolute atomic E-state index is 0.160. The maximum Gasteiger partial charge on any atom is 0.271 e. The zero-order valence-electron chi connectivity index (χ0n) is 13.6. The van der Waals surface area contributed by atoms with Crippen LogP contribution in [0.5, 0.6) is 0 Å². The highest BCUT2D eigenvalue weighted by Crippen LogP contribution is 2.31. The van der Waals surface area contributed by atoms with Crippen molar-refractivity contribution in [2.75, 3.05) is 19.6 Å². The van der Waals surface area contributed by atoms with E-state index < -0.39 is 0 Å². The van der Waals surface area contributed by atoms with E-state index in [0.29, 0.717) is 18.2 Å². The van der Waals surface area contributed by atoms with Gasteiger partial charge in [0.25, 0.3) is 5.91 Å². The molecule has 126 valence electrons. The second kappa shape index (κ2) is 6.68. The number of nitrogens with one attached hydrogen (secondary N) is 1. The fourth-order valence-electron chi connectivity index (χ4n) is 3.30. The van der Waals surface area contributed by atoms with E-state index in [4.69, 9.17) is 0 Å². The van der Waals surface area contributed by atoms with E-state index in [1.165, 1.54) is 25.2 Å². The van der Waals surface area contributed by atoms with Crippen LogP contribution in [0.25, 0.3) is 0 Å². The third-order valence-electron chi connectivity index (χ3n) is 4.70. The number of hydrogen-bond donors (Lipinski definition) is 1. The third-order valence-corrected chi connectivity index (χ3v) is 4.70. The van der Waals surface area contributed by atoms with Crippen LogP contribution < -0.4 is 5.32 Å². The number of rotatable bonds is 5. The van der Waals surface area contributed by atoms with Crippen molar-refractivity contribution < 1.29 is 4.79 Å². The number of amides is 1. The van der Waals surface area contributed by atoms with Crippen molar-refractivity contribution in [2.24, 2.45) is 11.8 Å². The molecule has 2 aromatic rings. The molecule has 2 aromatic heterocycles. The number of carbonyl (C=O) groups excluding carboxylic acids is 1. The van der Waals surface area contributed by atoms with Gasteiger partial charge in [0.1, 0.15) is 11.5 Å². The van der Waals surface area contributed by atoms with E-state index in [2.05, 4.69) is 29.7 Å². The summed E-state index contributed by atoms with van der Waals surface area (Å²) < 4.78 is 2.21. The normalized spacial score (nSPS) is 21.1. The van der Waals surface area contributed by atoms with E-state index in [1.54, 1.807) is 6.20 Å². The van der Waals surface area contributed by atoms with Crippen LogP contribution >= 0.6 is 0 Å². The van der Waals surface area contributed by atoms with Gasteiger partial charge in [0, 0.05) is 56.9 Å². The molecular weight excluding hydrogens is 304 g/mol. The number of nitrogens with zero attached hydrogens (tertiary/aromatic N) is 5. The zero-order valence-corrected chi connectivity index (χ0v) is 13.6. The van der Waals surface area contributed by atoms with Crippen molar-refractivity contribution in [3.05, 3.63) is 42.5 Å². The van der Waals surface area contributed by atoms with Crippen LogP contribution in [0.2, 0.25) is 0 Å². The van der Waals surface area contributed by atoms with Crippen molar-refractivity contribution >= 4 is 5.91 Å². The molecule has 0 unspecified atom stereocenters. The predicted molar refractivity (Wildman–Crippen MR) is 88.1 cm³/mol. The van der Waals surface area contributed by atoms with E-state index in [1.807, 2.05) is 12.4 Å². The van der Waals surface area contributed by atoms with Crippen LogP contribution in [0.15, 0.2) is 31.0 Å². The molecule has 1 aliphatic heterocycles. The quantitative estimate of drug-likeness (QED) is 0.885. The van der Waals surface area contributed by atoms with Crippen molar-refractivity contribution in [1.29, 1.82) is 0 Å². The molecule has 1 aliphatic carbocycles. The summed E-state index contributed by atoms with van der Waals surface area (Å²) >= 11 is 0. The Morgan fingerprint density at radius 3 is 2.88 bits per heavy atom. The maximum absolute atomic E-state index is 12.2. The van der Waals surface area contributed by atoms with Gasteiger partial charge < -0.3 is 9.88 Å². The molecule has 1 fully saturated rings. The van der Waals surface area contributed by atoms with Crippen LogP contribution in [0.4, 0.5) is 0 Å². The topological polar surface area (TPSA) is 75.9 Å². The molecule has 1 saturated carbocycles. The summed E-state index contributed by atoms with van der Waals surface area (Å²) in [5.74, 6) is 2.17. The molecule has 1 atom stereocenters. The van der Waals surface area contributed by atoms with Crippen molar-refractivity contribution in [3.8, 4) is 0 Å². The molecule has 3 heterocycles. The fraction of sp³-hybridized carbons (Fsp3) is 0.529. The molecule has 0 radical (unpaired) electrons. The lowest BCUT2D eigenvalue weighted by atomic mass is 10.1. The first-order valence-electron chi connectivity index (χ1n) is 8.54. The summed E-state index contributed by atoms with van der Waals surface area (Å²) in [5.41, 5.74) is 0.365. The Kier molecular flexibility index (Phi) is 4.25. The molecule has 2 aliphatic rings. The smallest absolute Gasteiger partial charge is 0.271 e. The van der Waals surface area contributed by atoms with E-state index in [9.17, 15) is 4.79 Å². The number of imidazole rings is 1. The van der Waals surface area contributed by atoms with Gasteiger partial charge in [0.2, 0.25) is 0 Å². The lowest BCUT2D eigenvalue weighted by Gasteiger charge is -2.23. The Labute approximate surface area is 141 Å². The SMILES string of the molecule is O=C(NC[C@H]1CN(CC2CC2)Cc2nccn2C1)c1cnccn1. The lowest BCUT2D eigenvalue weighted by molar-refractivity contribution is 0.0935. The van der Waals surface area contributed by atoms with Gasteiger partial charge in [-0.3, -0.25) is 14.7 Å². The molecule has 0 bridgehead atoms. The van der Waals surface area contributed by atoms with Crippen LogP contribution in [0, 0.1) is 11.8 Å². The lowest BCUT2D eigenvalue weighted by Crippen LogP contribution is -2.37. The average Bonchev–Trinajstić information content (AvgIpc) is 3.35. The second-order valence-corrected chi connectivity index (χ2v) is 6.80. The highest BCUT2D eigenvalue weighted by atomic mass is 16.1. The van der Waals surface area contributed by atoms with Gasteiger partial charge in [-0.15, -0.1) is 0 Å². The van der Waals surface area contributed by atoms with Crippen molar-refractivity contribution in [3.63, 3.8) is 0 Å². The van der Waals surface area contributed by atoms with E-state index >= 15 is 0 Å². The molecule has 24 heavy (non-hydrogen) atoms. The van der Waals surface area contributed by atoms with Gasteiger partial charge in [0.15, 0.2) is 0 Å². The van der Waals surface area contributed by atoms with Crippen LogP contribution in [0.1, 0.15) is 29.2 Å². The minimum Gasteiger partial charge on any atom is -0.350 e. The Morgan fingerprint density at radius 1 is 1.17 bits per heavy atom. The van der Waals surface area contributed by atoms with Gasteiger partial charge in [-0.1, -0.05) is 0 Å². The predicted octanol–water partition coefficient (Wildman–Crippen LogP) is 0.945. The monoisotopic (exact) mass is 326 g/mol. The Bertz CT molecular complexity index is 696. The fourth-order valence-corrected chi connectivity index (χ4v) is 3.30. The van der Waals surface area contributed by atoms with Gasteiger partial charge in [-0.2, -0.15) is 0 Å². The maximum atomic E-state index is 12.2. The van der Waals surface area contributed by atoms with E-state index in [0.717, 1.165) is 37.9 Å². The number of aromatic nitrogens is 4. The summed E-state index contributed by atoms with van der Waals surface area (Å²) in [4.78, 5) is 27.2. The first-order chi connectivity index (χ1) is 11.8. The molecule has 0 saturated heterocycles. The van der Waals surface area contributed by atoms with Gasteiger partial charge in [-0.05, 0) is 18.8 Å². The number of fused-ring (bicyclic) bond motifs is 1. The molecule has 1 N–H and O–H groups in total.